The van der Waals surface area contributed by atoms with Crippen molar-refractivity contribution in [3.8, 4) is 0 Å². The minimum atomic E-state index is -0.827. The van der Waals surface area contributed by atoms with Gasteiger partial charge in [-0.05, 0) is 37.1 Å². The monoisotopic (exact) mass is 264 g/mol. The van der Waals surface area contributed by atoms with Gasteiger partial charge in [0.25, 0.3) is 0 Å². The first kappa shape index (κ1) is 15.5. The normalized spacial score (nSPS) is 12.5. The molecule has 0 spiro atoms. The fourth-order valence-electron chi connectivity index (χ4n) is 2.06. The predicted molar refractivity (Wildman–Crippen MR) is 79.0 cm³/mol. The van der Waals surface area contributed by atoms with E-state index in [2.05, 4.69) is 37.4 Å². The van der Waals surface area contributed by atoms with E-state index in [0.717, 1.165) is 11.3 Å². The number of hydrogen-bond donors (Lipinski definition) is 2. The second-order valence-electron chi connectivity index (χ2n) is 5.26. The van der Waals surface area contributed by atoms with Gasteiger partial charge in [-0.2, -0.15) is 0 Å². The third kappa shape index (κ3) is 3.96. The molecule has 0 saturated heterocycles. The largest absolute Gasteiger partial charge is 0.480 e. The fraction of sp³-hybridized carbons (Fsp3) is 0.533. The van der Waals surface area contributed by atoms with Crippen LogP contribution in [0.4, 0.5) is 5.69 Å². The molecule has 1 aromatic rings. The molecular formula is C15H24N2O2. The lowest BCUT2D eigenvalue weighted by molar-refractivity contribution is -0.139. The molecule has 4 nitrogen and oxygen atoms in total. The standard InChI is InChI=1S/C15H24N2O2/c1-10(2)12-7-6-11(3)14(8-12)17(5)9-13(16-4)15(18)19/h6-8,10,13,16H,9H2,1-5H3,(H,18,19). The van der Waals surface area contributed by atoms with Crippen molar-refractivity contribution in [2.45, 2.75) is 32.7 Å². The number of nitrogens with one attached hydrogen (secondary N) is 1. The van der Waals surface area contributed by atoms with Gasteiger partial charge in [-0.1, -0.05) is 26.0 Å². The lowest BCUT2D eigenvalue weighted by atomic mass is 10.00. The van der Waals surface area contributed by atoms with Crippen molar-refractivity contribution in [1.82, 2.24) is 5.32 Å². The van der Waals surface area contributed by atoms with Crippen molar-refractivity contribution in [3.05, 3.63) is 29.3 Å². The van der Waals surface area contributed by atoms with Gasteiger partial charge in [0.1, 0.15) is 6.04 Å². The molecule has 0 amide bonds. The highest BCUT2D eigenvalue weighted by atomic mass is 16.4. The molecule has 0 heterocycles. The molecule has 1 aromatic carbocycles. The van der Waals surface area contributed by atoms with Gasteiger partial charge >= 0.3 is 5.97 Å². The summed E-state index contributed by atoms with van der Waals surface area (Å²) in [6.07, 6.45) is 0. The van der Waals surface area contributed by atoms with Crippen molar-refractivity contribution < 1.29 is 9.90 Å². The molecule has 19 heavy (non-hydrogen) atoms. The second kappa shape index (κ2) is 6.57. The minimum Gasteiger partial charge on any atom is -0.480 e. The maximum Gasteiger partial charge on any atom is 0.322 e. The van der Waals surface area contributed by atoms with Crippen LogP contribution in [0.15, 0.2) is 18.2 Å². The van der Waals surface area contributed by atoms with Gasteiger partial charge in [-0.15, -0.1) is 0 Å². The van der Waals surface area contributed by atoms with Crippen molar-refractivity contribution >= 4 is 11.7 Å². The summed E-state index contributed by atoms with van der Waals surface area (Å²) < 4.78 is 0. The number of carboxylic acids is 1. The molecule has 4 heteroatoms. The maximum atomic E-state index is 11.1. The van der Waals surface area contributed by atoms with Crippen molar-refractivity contribution in [1.29, 1.82) is 0 Å². The molecule has 0 saturated carbocycles. The van der Waals surface area contributed by atoms with Gasteiger partial charge in [0.15, 0.2) is 0 Å². The number of rotatable bonds is 6. The highest BCUT2D eigenvalue weighted by Crippen LogP contribution is 2.24. The van der Waals surface area contributed by atoms with Crippen LogP contribution in [0, 0.1) is 6.92 Å². The summed E-state index contributed by atoms with van der Waals surface area (Å²) in [7, 11) is 3.60. The van der Waals surface area contributed by atoms with Crippen LogP contribution >= 0.6 is 0 Å². The highest BCUT2D eigenvalue weighted by Gasteiger charge is 2.18. The van der Waals surface area contributed by atoms with Crippen LogP contribution in [0.3, 0.4) is 0 Å². The number of anilines is 1. The van der Waals surface area contributed by atoms with E-state index in [0.29, 0.717) is 12.5 Å². The Bertz CT molecular complexity index is 444. The van der Waals surface area contributed by atoms with Crippen LogP contribution in [0.25, 0.3) is 0 Å². The molecule has 106 valence electrons. The van der Waals surface area contributed by atoms with Crippen LogP contribution in [0.5, 0.6) is 0 Å². The van der Waals surface area contributed by atoms with E-state index in [4.69, 9.17) is 5.11 Å². The minimum absolute atomic E-state index is 0.439. The first-order valence-corrected chi connectivity index (χ1v) is 6.58. The van der Waals surface area contributed by atoms with E-state index >= 15 is 0 Å². The molecule has 0 fully saturated rings. The Labute approximate surface area is 115 Å². The van der Waals surface area contributed by atoms with Crippen molar-refractivity contribution in [3.63, 3.8) is 0 Å². The van der Waals surface area contributed by atoms with Gasteiger partial charge in [-0.25, -0.2) is 0 Å². The number of nitrogens with zero attached hydrogens (tertiary/aromatic N) is 1. The number of carboxylic acid groups (broad SMARTS) is 1. The van der Waals surface area contributed by atoms with Crippen LogP contribution in [-0.2, 0) is 4.79 Å². The SMILES string of the molecule is CNC(CN(C)c1cc(C(C)C)ccc1C)C(=O)O. The van der Waals surface area contributed by atoms with Crippen LogP contribution in [0.1, 0.15) is 30.9 Å². The smallest absolute Gasteiger partial charge is 0.322 e. The van der Waals surface area contributed by atoms with Crippen LogP contribution < -0.4 is 10.2 Å². The Balaban J connectivity index is 2.95. The zero-order valence-corrected chi connectivity index (χ0v) is 12.4. The number of likely N-dealkylation sites (N-methyl/N-ethyl adjacent to an activating group) is 2. The first-order chi connectivity index (χ1) is 8.86. The molecule has 1 rings (SSSR count). The molecule has 2 N–H and O–H groups in total. The zero-order chi connectivity index (χ0) is 14.6. The third-order valence-electron chi connectivity index (χ3n) is 3.41. The molecule has 1 unspecified atom stereocenters. The van der Waals surface area contributed by atoms with Crippen LogP contribution in [0.2, 0.25) is 0 Å². The summed E-state index contributed by atoms with van der Waals surface area (Å²) in [5.74, 6) is -0.362. The van der Waals surface area contributed by atoms with Crippen LogP contribution in [-0.4, -0.2) is 37.8 Å². The number of benzene rings is 1. The lowest BCUT2D eigenvalue weighted by Gasteiger charge is -2.25. The Hall–Kier alpha value is -1.55. The summed E-state index contributed by atoms with van der Waals surface area (Å²) in [6, 6.07) is 5.81. The van der Waals surface area contributed by atoms with E-state index < -0.39 is 12.0 Å². The summed E-state index contributed by atoms with van der Waals surface area (Å²) in [4.78, 5) is 13.1. The molecule has 0 aliphatic carbocycles. The Morgan fingerprint density at radius 2 is 2.05 bits per heavy atom. The van der Waals surface area contributed by atoms with Crippen molar-refractivity contribution in [2.24, 2.45) is 0 Å². The number of aryl methyl sites for hydroxylation is 1. The topological polar surface area (TPSA) is 52.6 Å². The number of carbonyl (C=O) groups is 1. The first-order valence-electron chi connectivity index (χ1n) is 6.58. The zero-order valence-electron chi connectivity index (χ0n) is 12.4. The van der Waals surface area contributed by atoms with Crippen molar-refractivity contribution in [2.75, 3.05) is 25.5 Å². The van der Waals surface area contributed by atoms with Gasteiger partial charge in [0.05, 0.1) is 0 Å². The average molecular weight is 264 g/mol. The molecule has 0 aromatic heterocycles. The van der Waals surface area contributed by atoms with Gasteiger partial charge in [0.2, 0.25) is 0 Å². The Morgan fingerprint density at radius 1 is 1.42 bits per heavy atom. The van der Waals surface area contributed by atoms with E-state index in [9.17, 15) is 4.79 Å². The molecular weight excluding hydrogens is 240 g/mol. The molecule has 1 atom stereocenters. The number of hydrogen-bond acceptors (Lipinski definition) is 3. The van der Waals surface area contributed by atoms with Gasteiger partial charge in [0, 0.05) is 19.3 Å². The Kier molecular flexibility index (Phi) is 5.36. The average Bonchev–Trinajstić information content (AvgIpc) is 2.35. The Morgan fingerprint density at radius 3 is 2.53 bits per heavy atom. The summed E-state index contributed by atoms with van der Waals surface area (Å²) in [5, 5.41) is 11.9. The second-order valence-corrected chi connectivity index (χ2v) is 5.26. The lowest BCUT2D eigenvalue weighted by Crippen LogP contribution is -2.43. The van der Waals surface area contributed by atoms with Gasteiger partial charge in [-0.3, -0.25) is 4.79 Å². The van der Waals surface area contributed by atoms with E-state index in [1.807, 2.05) is 18.9 Å². The molecule has 0 bridgehead atoms. The molecule has 0 radical (unpaired) electrons. The highest BCUT2D eigenvalue weighted by molar-refractivity contribution is 5.74. The predicted octanol–water partition coefficient (Wildman–Crippen LogP) is 2.23. The van der Waals surface area contributed by atoms with Gasteiger partial charge < -0.3 is 15.3 Å². The van der Waals surface area contributed by atoms with E-state index in [1.165, 1.54) is 5.56 Å². The quantitative estimate of drug-likeness (QED) is 0.827. The molecule has 0 aliphatic heterocycles. The summed E-state index contributed by atoms with van der Waals surface area (Å²) >= 11 is 0. The van der Waals surface area contributed by atoms with E-state index in [-0.39, 0.29) is 0 Å². The third-order valence-corrected chi connectivity index (χ3v) is 3.41. The molecule has 0 aliphatic rings. The summed E-state index contributed by atoms with van der Waals surface area (Å²) in [6.45, 7) is 6.80. The maximum absolute atomic E-state index is 11.1. The van der Waals surface area contributed by atoms with E-state index in [1.54, 1.807) is 7.05 Å². The number of aliphatic carboxylic acids is 1. The fourth-order valence-corrected chi connectivity index (χ4v) is 2.06. The summed E-state index contributed by atoms with van der Waals surface area (Å²) in [5.41, 5.74) is 3.52.